The molecule has 2 aromatic rings. The minimum Gasteiger partial charge on any atom is -0.497 e. The van der Waals surface area contributed by atoms with Crippen LogP contribution < -0.4 is 15.2 Å². The Balaban J connectivity index is 2.02. The summed E-state index contributed by atoms with van der Waals surface area (Å²) in [6.07, 6.45) is 0.857. The lowest BCUT2D eigenvalue weighted by Crippen LogP contribution is -2.11. The van der Waals surface area contributed by atoms with E-state index in [0.717, 1.165) is 6.42 Å². The second-order valence-electron chi connectivity index (χ2n) is 4.04. The van der Waals surface area contributed by atoms with E-state index in [-0.39, 0.29) is 5.84 Å². The molecule has 100 valence electrons. The number of ether oxygens (including phenoxy) is 2. The average molecular weight is 276 g/mol. The summed E-state index contributed by atoms with van der Waals surface area (Å²) in [5.41, 5.74) is 7.35. The monoisotopic (exact) mass is 276 g/mol. The number of hydrogen-bond donors (Lipinski definition) is 2. The molecule has 0 saturated heterocycles. The molecule has 5 heteroatoms. The molecule has 1 aromatic carbocycles. The molecule has 0 unspecified atom stereocenters. The van der Waals surface area contributed by atoms with Crippen LogP contribution in [-0.4, -0.2) is 19.6 Å². The largest absolute Gasteiger partial charge is 0.497 e. The molecule has 3 N–H and O–H groups in total. The molecule has 0 bridgehead atoms. The minimum atomic E-state index is 0.00147. The smallest absolute Gasteiger partial charge is 0.123 e. The zero-order valence-electron chi connectivity index (χ0n) is 10.7. The summed E-state index contributed by atoms with van der Waals surface area (Å²) in [6, 6.07) is 7.34. The first kappa shape index (κ1) is 13.4. The summed E-state index contributed by atoms with van der Waals surface area (Å²) in [5, 5.41) is 11.6. The molecule has 2 rings (SSSR count). The summed E-state index contributed by atoms with van der Waals surface area (Å²) in [7, 11) is 1.58. The molecule has 0 fully saturated rings. The Kier molecular flexibility index (Phi) is 4.41. The maximum absolute atomic E-state index is 7.46. The lowest BCUT2D eigenvalue weighted by atomic mass is 10.2. The molecule has 0 saturated carbocycles. The lowest BCUT2D eigenvalue weighted by Gasteiger charge is -2.10. The predicted octanol–water partition coefficient (Wildman–Crippen LogP) is 2.66. The van der Waals surface area contributed by atoms with Crippen molar-refractivity contribution in [2.24, 2.45) is 5.73 Å². The van der Waals surface area contributed by atoms with Crippen LogP contribution in [0.3, 0.4) is 0 Å². The maximum atomic E-state index is 7.46. The molecule has 0 radical (unpaired) electrons. The van der Waals surface area contributed by atoms with Gasteiger partial charge in [0, 0.05) is 18.1 Å². The van der Waals surface area contributed by atoms with Gasteiger partial charge in [0.05, 0.1) is 13.7 Å². The van der Waals surface area contributed by atoms with Gasteiger partial charge in [-0.05, 0) is 34.5 Å². The number of benzene rings is 1. The van der Waals surface area contributed by atoms with E-state index in [9.17, 15) is 0 Å². The van der Waals surface area contributed by atoms with Crippen molar-refractivity contribution < 1.29 is 9.47 Å². The van der Waals surface area contributed by atoms with E-state index in [1.807, 2.05) is 0 Å². The highest BCUT2D eigenvalue weighted by molar-refractivity contribution is 7.07. The molecule has 0 aliphatic heterocycles. The van der Waals surface area contributed by atoms with Gasteiger partial charge in [0.25, 0.3) is 0 Å². The van der Waals surface area contributed by atoms with Gasteiger partial charge in [-0.3, -0.25) is 5.41 Å². The van der Waals surface area contributed by atoms with Crippen LogP contribution in [0.15, 0.2) is 35.0 Å². The molecule has 0 spiro atoms. The van der Waals surface area contributed by atoms with Crippen molar-refractivity contribution in [1.82, 2.24) is 0 Å². The molecular weight excluding hydrogens is 260 g/mol. The Bertz CT molecular complexity index is 553. The fourth-order valence-corrected chi connectivity index (χ4v) is 2.35. The highest BCUT2D eigenvalue weighted by Gasteiger charge is 2.05. The highest BCUT2D eigenvalue weighted by Crippen LogP contribution is 2.22. The SMILES string of the molecule is COc1cc(OCCc2ccsc2)cc(C(=N)N)c1. The number of rotatable bonds is 6. The van der Waals surface area contributed by atoms with Crippen LogP contribution in [0.4, 0.5) is 0 Å². The van der Waals surface area contributed by atoms with Crippen molar-refractivity contribution in [2.45, 2.75) is 6.42 Å². The third-order valence-electron chi connectivity index (χ3n) is 2.67. The van der Waals surface area contributed by atoms with Gasteiger partial charge in [-0.25, -0.2) is 0 Å². The van der Waals surface area contributed by atoms with Crippen LogP contribution in [0.25, 0.3) is 0 Å². The van der Waals surface area contributed by atoms with Crippen LogP contribution in [-0.2, 0) is 6.42 Å². The van der Waals surface area contributed by atoms with Crippen molar-refractivity contribution in [3.63, 3.8) is 0 Å². The van der Waals surface area contributed by atoms with Gasteiger partial charge in [0.1, 0.15) is 17.3 Å². The fourth-order valence-electron chi connectivity index (χ4n) is 1.65. The zero-order chi connectivity index (χ0) is 13.7. The first-order valence-electron chi connectivity index (χ1n) is 5.86. The van der Waals surface area contributed by atoms with E-state index >= 15 is 0 Å². The average Bonchev–Trinajstić information content (AvgIpc) is 2.91. The summed E-state index contributed by atoms with van der Waals surface area (Å²) < 4.78 is 10.9. The topological polar surface area (TPSA) is 68.3 Å². The number of hydrogen-bond acceptors (Lipinski definition) is 4. The molecular formula is C14H16N2O2S. The summed E-state index contributed by atoms with van der Waals surface area (Å²) in [4.78, 5) is 0. The van der Waals surface area contributed by atoms with Crippen LogP contribution in [0.5, 0.6) is 11.5 Å². The van der Waals surface area contributed by atoms with Gasteiger partial charge in [0.15, 0.2) is 0 Å². The maximum Gasteiger partial charge on any atom is 0.123 e. The van der Waals surface area contributed by atoms with Crippen molar-refractivity contribution in [1.29, 1.82) is 5.41 Å². The van der Waals surface area contributed by atoms with E-state index in [1.54, 1.807) is 36.6 Å². The first-order chi connectivity index (χ1) is 9.19. The van der Waals surface area contributed by atoms with Crippen molar-refractivity contribution >= 4 is 17.2 Å². The third kappa shape index (κ3) is 3.72. The van der Waals surface area contributed by atoms with Gasteiger partial charge in [-0.15, -0.1) is 0 Å². The summed E-state index contributed by atoms with van der Waals surface area (Å²) in [5.74, 6) is 1.31. The van der Waals surface area contributed by atoms with E-state index in [0.29, 0.717) is 23.7 Å². The van der Waals surface area contributed by atoms with Gasteiger partial charge in [-0.1, -0.05) is 0 Å². The van der Waals surface area contributed by atoms with Gasteiger partial charge in [0.2, 0.25) is 0 Å². The van der Waals surface area contributed by atoms with E-state index in [2.05, 4.69) is 16.8 Å². The number of methoxy groups -OCH3 is 1. The molecule has 0 atom stereocenters. The van der Waals surface area contributed by atoms with E-state index in [1.165, 1.54) is 5.56 Å². The Morgan fingerprint density at radius 2 is 2.11 bits per heavy atom. The van der Waals surface area contributed by atoms with Crippen molar-refractivity contribution in [3.8, 4) is 11.5 Å². The van der Waals surface area contributed by atoms with Crippen LogP contribution in [0.2, 0.25) is 0 Å². The number of nitrogens with two attached hydrogens (primary N) is 1. The number of nitrogen functional groups attached to an aromatic ring is 1. The van der Waals surface area contributed by atoms with Crippen molar-refractivity contribution in [2.75, 3.05) is 13.7 Å². The molecule has 19 heavy (non-hydrogen) atoms. The third-order valence-corrected chi connectivity index (χ3v) is 3.40. The molecule has 4 nitrogen and oxygen atoms in total. The Hall–Kier alpha value is -2.01. The summed E-state index contributed by atoms with van der Waals surface area (Å²) in [6.45, 7) is 0.585. The Morgan fingerprint density at radius 1 is 1.32 bits per heavy atom. The number of amidine groups is 1. The molecule has 0 aliphatic carbocycles. The van der Waals surface area contributed by atoms with E-state index in [4.69, 9.17) is 20.6 Å². The van der Waals surface area contributed by atoms with Crippen molar-refractivity contribution in [3.05, 3.63) is 46.2 Å². The van der Waals surface area contributed by atoms with E-state index < -0.39 is 0 Å². The second kappa shape index (κ2) is 6.24. The lowest BCUT2D eigenvalue weighted by molar-refractivity contribution is 0.319. The van der Waals surface area contributed by atoms with Gasteiger partial charge in [-0.2, -0.15) is 11.3 Å². The molecule has 1 heterocycles. The van der Waals surface area contributed by atoms with Crippen LogP contribution >= 0.6 is 11.3 Å². The van der Waals surface area contributed by atoms with Gasteiger partial charge < -0.3 is 15.2 Å². The summed E-state index contributed by atoms with van der Waals surface area (Å²) >= 11 is 1.68. The predicted molar refractivity (Wildman–Crippen MR) is 77.5 cm³/mol. The Labute approximate surface area is 116 Å². The molecule has 0 amide bonds. The van der Waals surface area contributed by atoms with Crippen LogP contribution in [0, 0.1) is 5.41 Å². The highest BCUT2D eigenvalue weighted by atomic mass is 32.1. The molecule has 0 aliphatic rings. The normalized spacial score (nSPS) is 10.2. The second-order valence-corrected chi connectivity index (χ2v) is 4.82. The minimum absolute atomic E-state index is 0.00147. The fraction of sp³-hybridized carbons (Fsp3) is 0.214. The Morgan fingerprint density at radius 3 is 2.74 bits per heavy atom. The first-order valence-corrected chi connectivity index (χ1v) is 6.80. The molecule has 1 aromatic heterocycles. The number of nitrogens with one attached hydrogen (secondary N) is 1. The van der Waals surface area contributed by atoms with Crippen LogP contribution in [0.1, 0.15) is 11.1 Å². The number of thiophene rings is 1. The van der Waals surface area contributed by atoms with Gasteiger partial charge >= 0.3 is 0 Å². The quantitative estimate of drug-likeness (QED) is 0.629. The standard InChI is InChI=1S/C14H16N2O2S/c1-17-12-6-11(14(15)16)7-13(8-12)18-4-2-10-3-5-19-9-10/h3,5-9H,2,4H2,1H3,(H3,15,16). The zero-order valence-corrected chi connectivity index (χ0v) is 11.5.